The third kappa shape index (κ3) is 4.16. The summed E-state index contributed by atoms with van der Waals surface area (Å²) in [6, 6.07) is 7.11. The number of benzene rings is 1. The first-order valence-electron chi connectivity index (χ1n) is 8.81. The molecule has 1 fully saturated rings. The van der Waals surface area contributed by atoms with E-state index in [4.69, 9.17) is 10.5 Å². The second-order valence-corrected chi connectivity index (χ2v) is 6.50. The van der Waals surface area contributed by atoms with Gasteiger partial charge in [-0.2, -0.15) is 0 Å². The highest BCUT2D eigenvalue weighted by Gasteiger charge is 2.27. The fourth-order valence-electron chi connectivity index (χ4n) is 3.16. The molecule has 3 N–H and O–H groups in total. The van der Waals surface area contributed by atoms with Crippen molar-refractivity contribution < 1.29 is 14.3 Å². The first-order valence-corrected chi connectivity index (χ1v) is 8.81. The fraction of sp³-hybridized carbons (Fsp3) is 0.368. The molecule has 1 aliphatic heterocycles. The summed E-state index contributed by atoms with van der Waals surface area (Å²) < 4.78 is 4.82. The molecule has 1 aromatic heterocycles. The van der Waals surface area contributed by atoms with Crippen LogP contribution in [0.3, 0.4) is 0 Å². The molecule has 0 unspecified atom stereocenters. The number of piperidine rings is 1. The molecule has 3 rings (SSSR count). The van der Waals surface area contributed by atoms with Crippen LogP contribution in [0.2, 0.25) is 0 Å². The zero-order chi connectivity index (χ0) is 19.4. The number of hydrogen-bond donors (Lipinski definition) is 2. The van der Waals surface area contributed by atoms with Gasteiger partial charge in [-0.05, 0) is 44.0 Å². The van der Waals surface area contributed by atoms with E-state index in [-0.39, 0.29) is 17.7 Å². The number of aromatic nitrogens is 2. The van der Waals surface area contributed by atoms with Gasteiger partial charge in [-0.15, -0.1) is 0 Å². The Morgan fingerprint density at radius 3 is 2.44 bits per heavy atom. The van der Waals surface area contributed by atoms with Crippen molar-refractivity contribution in [2.24, 2.45) is 5.92 Å². The minimum atomic E-state index is -0.165. The number of ether oxygens (including phenoxy) is 1. The Hall–Kier alpha value is -3.16. The number of ketones is 1. The molecule has 0 aliphatic carbocycles. The van der Waals surface area contributed by atoms with Crippen molar-refractivity contribution in [3.63, 3.8) is 0 Å². The molecular formula is C19H23N5O3. The molecule has 8 heteroatoms. The van der Waals surface area contributed by atoms with Crippen molar-refractivity contribution in [1.82, 2.24) is 9.97 Å². The number of hydrogen-bond acceptors (Lipinski definition) is 8. The second kappa shape index (κ2) is 8.03. The average Bonchev–Trinajstić information content (AvgIpc) is 2.69. The smallest absolute Gasteiger partial charge is 0.308 e. The number of nitrogens with zero attached hydrogens (tertiary/aromatic N) is 3. The zero-order valence-electron chi connectivity index (χ0n) is 15.4. The molecular weight excluding hydrogens is 346 g/mol. The number of carbonyl (C=O) groups is 2. The van der Waals surface area contributed by atoms with Crippen LogP contribution in [0.5, 0.6) is 0 Å². The summed E-state index contributed by atoms with van der Waals surface area (Å²) >= 11 is 0. The van der Waals surface area contributed by atoms with E-state index in [9.17, 15) is 9.59 Å². The van der Waals surface area contributed by atoms with Crippen LogP contribution in [0, 0.1) is 5.92 Å². The van der Waals surface area contributed by atoms with E-state index in [1.165, 1.54) is 20.4 Å². The van der Waals surface area contributed by atoms with Gasteiger partial charge in [0.25, 0.3) is 0 Å². The Morgan fingerprint density at radius 1 is 1.19 bits per heavy atom. The second-order valence-electron chi connectivity index (χ2n) is 6.50. The van der Waals surface area contributed by atoms with Gasteiger partial charge in [0.2, 0.25) is 0 Å². The molecule has 0 bridgehead atoms. The summed E-state index contributed by atoms with van der Waals surface area (Å²) in [5.74, 6) is 0.927. The van der Waals surface area contributed by atoms with Gasteiger partial charge in [-0.3, -0.25) is 9.59 Å². The molecule has 0 amide bonds. The maximum atomic E-state index is 11.7. The Labute approximate surface area is 157 Å². The van der Waals surface area contributed by atoms with Crippen molar-refractivity contribution in [2.75, 3.05) is 36.1 Å². The third-order valence-electron chi connectivity index (χ3n) is 4.75. The van der Waals surface area contributed by atoms with Crippen LogP contribution in [0.15, 0.2) is 30.6 Å². The van der Waals surface area contributed by atoms with E-state index < -0.39 is 0 Å². The number of Topliss-reactive ketones (excluding diaryl/α,β-unsaturated/α-hetero) is 1. The van der Waals surface area contributed by atoms with Gasteiger partial charge in [-0.1, -0.05) is 0 Å². The van der Waals surface area contributed by atoms with Crippen LogP contribution in [-0.2, 0) is 9.53 Å². The average molecular weight is 369 g/mol. The molecule has 142 valence electrons. The number of anilines is 4. The monoisotopic (exact) mass is 369 g/mol. The molecule has 8 nitrogen and oxygen atoms in total. The highest BCUT2D eigenvalue weighted by atomic mass is 16.5. The van der Waals surface area contributed by atoms with Gasteiger partial charge >= 0.3 is 5.97 Å². The van der Waals surface area contributed by atoms with Gasteiger partial charge in [0.1, 0.15) is 12.0 Å². The molecule has 0 atom stereocenters. The summed E-state index contributed by atoms with van der Waals surface area (Å²) in [7, 11) is 1.41. The highest BCUT2D eigenvalue weighted by Crippen LogP contribution is 2.31. The summed E-state index contributed by atoms with van der Waals surface area (Å²) in [6.45, 7) is 2.88. The van der Waals surface area contributed by atoms with Crippen LogP contribution in [0.25, 0.3) is 0 Å². The van der Waals surface area contributed by atoms with Gasteiger partial charge < -0.3 is 20.7 Å². The van der Waals surface area contributed by atoms with E-state index in [0.29, 0.717) is 48.8 Å². The Bertz CT molecular complexity index is 830. The molecule has 0 saturated carbocycles. The van der Waals surface area contributed by atoms with Crippen molar-refractivity contribution in [2.45, 2.75) is 19.8 Å². The van der Waals surface area contributed by atoms with Crippen LogP contribution in [0.4, 0.5) is 23.0 Å². The lowest BCUT2D eigenvalue weighted by Gasteiger charge is -2.32. The Morgan fingerprint density at radius 2 is 1.85 bits per heavy atom. The first-order chi connectivity index (χ1) is 13.0. The van der Waals surface area contributed by atoms with E-state index in [1.807, 2.05) is 0 Å². The maximum Gasteiger partial charge on any atom is 0.308 e. The van der Waals surface area contributed by atoms with Gasteiger partial charge in [0.15, 0.2) is 17.4 Å². The predicted octanol–water partition coefficient (Wildman–Crippen LogP) is 2.39. The minimum Gasteiger partial charge on any atom is -0.469 e. The van der Waals surface area contributed by atoms with E-state index >= 15 is 0 Å². The lowest BCUT2D eigenvalue weighted by Crippen LogP contribution is -2.37. The summed E-state index contributed by atoms with van der Waals surface area (Å²) in [5.41, 5.74) is 8.16. The largest absolute Gasteiger partial charge is 0.469 e. The van der Waals surface area contributed by atoms with Crippen LogP contribution < -0.4 is 16.0 Å². The van der Waals surface area contributed by atoms with Crippen LogP contribution in [0.1, 0.15) is 30.1 Å². The maximum absolute atomic E-state index is 11.7. The van der Waals surface area contributed by atoms with Crippen molar-refractivity contribution in [3.05, 3.63) is 36.2 Å². The Balaban J connectivity index is 1.72. The molecule has 0 spiro atoms. The standard InChI is InChI=1S/C19H23N5O3/c1-12(25)13-3-5-15(6-4-13)23-17-16(20)18(22-11-21-17)24-9-7-14(8-10-24)19(26)27-2/h3-6,11,14H,7-10,20H2,1-2H3,(H,21,22,23). The quantitative estimate of drug-likeness (QED) is 0.610. The van der Waals surface area contributed by atoms with Gasteiger partial charge in [0.05, 0.1) is 13.0 Å². The number of rotatable bonds is 5. The summed E-state index contributed by atoms with van der Waals surface area (Å²) in [4.78, 5) is 33.7. The number of nitrogens with two attached hydrogens (primary N) is 1. The Kier molecular flexibility index (Phi) is 5.54. The highest BCUT2D eigenvalue weighted by molar-refractivity contribution is 5.94. The number of methoxy groups -OCH3 is 1. The van der Waals surface area contributed by atoms with Crippen LogP contribution >= 0.6 is 0 Å². The molecule has 1 aliphatic rings. The predicted molar refractivity (Wildman–Crippen MR) is 103 cm³/mol. The molecule has 2 heterocycles. The topological polar surface area (TPSA) is 110 Å². The molecule has 1 aromatic carbocycles. The lowest BCUT2D eigenvalue weighted by molar-refractivity contribution is -0.146. The first kappa shape index (κ1) is 18.6. The molecule has 1 saturated heterocycles. The molecule has 2 aromatic rings. The van der Waals surface area contributed by atoms with E-state index in [0.717, 1.165) is 5.69 Å². The van der Waals surface area contributed by atoms with Crippen molar-refractivity contribution in [1.29, 1.82) is 0 Å². The summed E-state index contributed by atoms with van der Waals surface area (Å²) in [6.07, 6.45) is 2.86. The van der Waals surface area contributed by atoms with Crippen molar-refractivity contribution >= 4 is 34.8 Å². The number of nitrogen functional groups attached to an aromatic ring is 1. The fourth-order valence-corrected chi connectivity index (χ4v) is 3.16. The lowest BCUT2D eigenvalue weighted by atomic mass is 9.97. The van der Waals surface area contributed by atoms with E-state index in [2.05, 4.69) is 20.2 Å². The summed E-state index contributed by atoms with van der Waals surface area (Å²) in [5, 5.41) is 3.17. The number of nitrogens with one attached hydrogen (secondary N) is 1. The van der Waals surface area contributed by atoms with Gasteiger partial charge in [0, 0.05) is 24.3 Å². The molecule has 27 heavy (non-hydrogen) atoms. The number of carbonyl (C=O) groups excluding carboxylic acids is 2. The van der Waals surface area contributed by atoms with Crippen LogP contribution in [-0.4, -0.2) is 41.9 Å². The minimum absolute atomic E-state index is 0.0146. The number of esters is 1. The van der Waals surface area contributed by atoms with E-state index in [1.54, 1.807) is 24.3 Å². The normalized spacial score (nSPS) is 14.7. The van der Waals surface area contributed by atoms with Crippen molar-refractivity contribution in [3.8, 4) is 0 Å². The third-order valence-corrected chi connectivity index (χ3v) is 4.75. The molecule has 0 radical (unpaired) electrons. The SMILES string of the molecule is COC(=O)C1CCN(c2ncnc(Nc3ccc(C(C)=O)cc3)c2N)CC1. The van der Waals surface area contributed by atoms with Gasteiger partial charge in [-0.25, -0.2) is 9.97 Å². The zero-order valence-corrected chi connectivity index (χ0v) is 15.4.